The summed E-state index contributed by atoms with van der Waals surface area (Å²) in [5.41, 5.74) is 0. The van der Waals surface area contributed by atoms with Crippen molar-refractivity contribution >= 4 is 7.12 Å². The summed E-state index contributed by atoms with van der Waals surface area (Å²) in [6, 6.07) is 0. The third kappa shape index (κ3) is 11.5. The number of hydrogen-bond donors (Lipinski definition) is 0. The van der Waals surface area contributed by atoms with Gasteiger partial charge in [-0.2, -0.15) is 0 Å². The maximum Gasteiger partial charge on any atom is 0.462 e. The van der Waals surface area contributed by atoms with Gasteiger partial charge in [0.25, 0.3) is 0 Å². The summed E-state index contributed by atoms with van der Waals surface area (Å²) < 4.78 is 11.9. The van der Waals surface area contributed by atoms with E-state index in [1.165, 1.54) is 38.5 Å². The molecule has 0 atom stereocenters. The van der Waals surface area contributed by atoms with Crippen LogP contribution in [-0.2, 0) is 9.31 Å². The Hall–Kier alpha value is -0.0151. The Morgan fingerprint density at radius 1 is 0.684 bits per heavy atom. The predicted molar refractivity (Wildman–Crippen MR) is 85.7 cm³/mol. The summed E-state index contributed by atoms with van der Waals surface area (Å²) in [5, 5.41) is 0.0650. The van der Waals surface area contributed by atoms with Crippen LogP contribution in [0, 0.1) is 0 Å². The SMILES string of the molecule is CCCCCCOB(OCCCCCC)C(C)(C)C. The van der Waals surface area contributed by atoms with Crippen molar-refractivity contribution in [2.45, 2.75) is 91.3 Å². The van der Waals surface area contributed by atoms with Gasteiger partial charge in [0.2, 0.25) is 0 Å². The Morgan fingerprint density at radius 2 is 1.11 bits per heavy atom. The zero-order valence-electron chi connectivity index (χ0n) is 14.0. The minimum atomic E-state index is -0.0595. The molecule has 3 heteroatoms. The van der Waals surface area contributed by atoms with Crippen LogP contribution in [0.3, 0.4) is 0 Å². The molecular formula is C16H35BO2. The molecule has 0 heterocycles. The summed E-state index contributed by atoms with van der Waals surface area (Å²) in [6.45, 7) is 12.7. The molecule has 0 rings (SSSR count). The van der Waals surface area contributed by atoms with Crippen molar-refractivity contribution in [3.63, 3.8) is 0 Å². The molecule has 2 nitrogen and oxygen atoms in total. The summed E-state index contributed by atoms with van der Waals surface area (Å²) in [4.78, 5) is 0. The second-order valence-corrected chi connectivity index (χ2v) is 6.56. The van der Waals surface area contributed by atoms with Crippen molar-refractivity contribution in [3.05, 3.63) is 0 Å². The van der Waals surface area contributed by atoms with Gasteiger partial charge in [0.05, 0.1) is 0 Å². The topological polar surface area (TPSA) is 18.5 Å². The van der Waals surface area contributed by atoms with E-state index in [2.05, 4.69) is 34.6 Å². The summed E-state index contributed by atoms with van der Waals surface area (Å²) >= 11 is 0. The van der Waals surface area contributed by atoms with Crippen molar-refractivity contribution in [1.82, 2.24) is 0 Å². The van der Waals surface area contributed by atoms with E-state index >= 15 is 0 Å². The molecule has 0 saturated carbocycles. The van der Waals surface area contributed by atoms with Crippen molar-refractivity contribution in [1.29, 1.82) is 0 Å². The molecule has 114 valence electrons. The maximum absolute atomic E-state index is 5.94. The van der Waals surface area contributed by atoms with Gasteiger partial charge in [-0.05, 0) is 18.2 Å². The average Bonchev–Trinajstić information content (AvgIpc) is 2.34. The van der Waals surface area contributed by atoms with Gasteiger partial charge in [-0.15, -0.1) is 0 Å². The highest BCUT2D eigenvalue weighted by molar-refractivity contribution is 6.48. The first kappa shape index (κ1) is 19.0. The Morgan fingerprint density at radius 3 is 1.42 bits per heavy atom. The van der Waals surface area contributed by atoms with E-state index in [1.807, 2.05) is 0 Å². The third-order valence-electron chi connectivity index (χ3n) is 3.24. The van der Waals surface area contributed by atoms with Gasteiger partial charge >= 0.3 is 7.12 Å². The fraction of sp³-hybridized carbons (Fsp3) is 1.00. The van der Waals surface area contributed by atoms with Gasteiger partial charge in [0, 0.05) is 13.2 Å². The van der Waals surface area contributed by atoms with Gasteiger partial charge in [-0.3, -0.25) is 0 Å². The Kier molecular flexibility index (Phi) is 11.8. The molecule has 0 amide bonds. The molecule has 0 aliphatic carbocycles. The highest BCUT2D eigenvalue weighted by Crippen LogP contribution is 2.28. The van der Waals surface area contributed by atoms with Crippen molar-refractivity contribution in [2.24, 2.45) is 0 Å². The lowest BCUT2D eigenvalue weighted by Crippen LogP contribution is -2.33. The van der Waals surface area contributed by atoms with Crippen LogP contribution in [-0.4, -0.2) is 20.3 Å². The summed E-state index contributed by atoms with van der Waals surface area (Å²) in [6.07, 6.45) is 10.0. The Bertz CT molecular complexity index is 176. The van der Waals surface area contributed by atoms with Crippen LogP contribution in [0.1, 0.15) is 86.0 Å². The van der Waals surface area contributed by atoms with Gasteiger partial charge in [-0.25, -0.2) is 0 Å². The maximum atomic E-state index is 5.94. The first-order valence-corrected chi connectivity index (χ1v) is 8.25. The first-order chi connectivity index (χ1) is 9.02. The first-order valence-electron chi connectivity index (χ1n) is 8.25. The molecule has 0 unspecified atom stereocenters. The molecule has 19 heavy (non-hydrogen) atoms. The lowest BCUT2D eigenvalue weighted by Gasteiger charge is -2.26. The zero-order chi connectivity index (χ0) is 14.6. The monoisotopic (exact) mass is 270 g/mol. The van der Waals surface area contributed by atoms with Crippen LogP contribution in [0.5, 0.6) is 0 Å². The summed E-state index contributed by atoms with van der Waals surface area (Å²) in [7, 11) is -0.0595. The van der Waals surface area contributed by atoms with Gasteiger partial charge < -0.3 is 9.31 Å². The quantitative estimate of drug-likeness (QED) is 0.346. The van der Waals surface area contributed by atoms with Crippen LogP contribution in [0.15, 0.2) is 0 Å². The molecule has 0 aliphatic rings. The lowest BCUT2D eigenvalue weighted by molar-refractivity contribution is 0.171. The zero-order valence-corrected chi connectivity index (χ0v) is 14.0. The van der Waals surface area contributed by atoms with E-state index in [0.717, 1.165) is 26.1 Å². The Labute approximate surface area is 121 Å². The smallest absolute Gasteiger partial charge is 0.411 e. The number of hydrogen-bond acceptors (Lipinski definition) is 2. The molecule has 0 saturated heterocycles. The summed E-state index contributed by atoms with van der Waals surface area (Å²) in [5.74, 6) is 0. The van der Waals surface area contributed by atoms with Gasteiger partial charge in [0.15, 0.2) is 0 Å². The molecule has 0 aromatic heterocycles. The molecular weight excluding hydrogens is 235 g/mol. The Balaban J connectivity index is 3.77. The van der Waals surface area contributed by atoms with Crippen LogP contribution in [0.25, 0.3) is 0 Å². The van der Waals surface area contributed by atoms with Crippen molar-refractivity contribution in [3.8, 4) is 0 Å². The predicted octanol–water partition coefficient (Wildman–Crippen LogP) is 5.47. The van der Waals surface area contributed by atoms with E-state index in [1.54, 1.807) is 0 Å². The number of rotatable bonds is 12. The highest BCUT2D eigenvalue weighted by atomic mass is 16.6. The fourth-order valence-corrected chi connectivity index (χ4v) is 1.99. The fourth-order valence-electron chi connectivity index (χ4n) is 1.99. The largest absolute Gasteiger partial charge is 0.462 e. The van der Waals surface area contributed by atoms with E-state index in [4.69, 9.17) is 9.31 Å². The molecule has 0 bridgehead atoms. The van der Waals surface area contributed by atoms with Crippen LogP contribution < -0.4 is 0 Å². The minimum absolute atomic E-state index is 0.0595. The average molecular weight is 270 g/mol. The van der Waals surface area contributed by atoms with Crippen molar-refractivity contribution in [2.75, 3.05) is 13.2 Å². The standard InChI is InChI=1S/C16H35BO2/c1-6-8-10-12-14-18-17(16(3,4)5)19-15-13-11-9-7-2/h6-15H2,1-5H3. The van der Waals surface area contributed by atoms with E-state index in [0.29, 0.717) is 0 Å². The van der Waals surface area contributed by atoms with E-state index in [9.17, 15) is 0 Å². The van der Waals surface area contributed by atoms with Crippen LogP contribution in [0.4, 0.5) is 0 Å². The normalized spacial score (nSPS) is 11.8. The minimum Gasteiger partial charge on any atom is -0.411 e. The highest BCUT2D eigenvalue weighted by Gasteiger charge is 2.33. The van der Waals surface area contributed by atoms with Gasteiger partial charge in [-0.1, -0.05) is 73.1 Å². The molecule has 0 fully saturated rings. The molecule has 0 N–H and O–H groups in total. The number of unbranched alkanes of at least 4 members (excludes halogenated alkanes) is 6. The van der Waals surface area contributed by atoms with Crippen molar-refractivity contribution < 1.29 is 9.31 Å². The molecule has 0 radical (unpaired) electrons. The van der Waals surface area contributed by atoms with E-state index < -0.39 is 0 Å². The molecule has 0 spiro atoms. The second-order valence-electron chi connectivity index (χ2n) is 6.56. The van der Waals surface area contributed by atoms with Crippen LogP contribution >= 0.6 is 0 Å². The molecule has 0 aromatic carbocycles. The molecule has 0 aromatic rings. The lowest BCUT2D eigenvalue weighted by atomic mass is 9.61. The van der Waals surface area contributed by atoms with Gasteiger partial charge in [0.1, 0.15) is 0 Å². The molecule has 0 aliphatic heterocycles. The second kappa shape index (κ2) is 11.8. The third-order valence-corrected chi connectivity index (χ3v) is 3.24. The van der Waals surface area contributed by atoms with Crippen LogP contribution in [0.2, 0.25) is 5.31 Å². The van der Waals surface area contributed by atoms with E-state index in [-0.39, 0.29) is 12.4 Å².